The third-order valence-corrected chi connectivity index (χ3v) is 3.35. The molecule has 17 heavy (non-hydrogen) atoms. The molecule has 4 heteroatoms. The van der Waals surface area contributed by atoms with Gasteiger partial charge in [0, 0.05) is 12.0 Å². The molecule has 1 rings (SSSR count). The molecule has 0 aliphatic heterocycles. The molecule has 1 aromatic rings. The molecule has 3 N–H and O–H groups in total. The molecule has 3 nitrogen and oxygen atoms in total. The van der Waals surface area contributed by atoms with Gasteiger partial charge in [0.25, 0.3) is 0 Å². The molecule has 0 saturated carbocycles. The van der Waals surface area contributed by atoms with E-state index in [-0.39, 0.29) is 18.2 Å². The number of benzene rings is 1. The second-order valence-electron chi connectivity index (χ2n) is 4.33. The van der Waals surface area contributed by atoms with Crippen LogP contribution in [0.1, 0.15) is 18.9 Å². The third kappa shape index (κ3) is 2.96. The van der Waals surface area contributed by atoms with Gasteiger partial charge in [-0.15, -0.1) is 0 Å². The topological polar surface area (TPSA) is 55.5 Å². The van der Waals surface area contributed by atoms with Gasteiger partial charge >= 0.3 is 0 Å². The maximum Gasteiger partial charge on any atom is 0.168 e. The minimum atomic E-state index is -0.451. The first-order valence-corrected chi connectivity index (χ1v) is 5.74. The van der Waals surface area contributed by atoms with Crippen molar-refractivity contribution in [3.63, 3.8) is 0 Å². The number of hydrogen-bond acceptors (Lipinski definition) is 3. The van der Waals surface area contributed by atoms with Crippen molar-refractivity contribution in [2.75, 3.05) is 20.3 Å². The van der Waals surface area contributed by atoms with Gasteiger partial charge in [-0.2, -0.15) is 0 Å². The number of aliphatic hydroxyl groups is 1. The summed E-state index contributed by atoms with van der Waals surface area (Å²) in [6.07, 6.45) is 1.12. The summed E-state index contributed by atoms with van der Waals surface area (Å²) in [6.45, 7) is 2.23. The average Bonchev–Trinajstić information content (AvgIpc) is 2.38. The van der Waals surface area contributed by atoms with Crippen LogP contribution in [-0.4, -0.2) is 25.4 Å². The Morgan fingerprint density at radius 3 is 2.65 bits per heavy atom. The first-order chi connectivity index (χ1) is 8.12. The summed E-state index contributed by atoms with van der Waals surface area (Å²) < 4.78 is 18.9. The molecular weight excluding hydrogens is 221 g/mol. The lowest BCUT2D eigenvalue weighted by molar-refractivity contribution is 0.126. The summed E-state index contributed by atoms with van der Waals surface area (Å²) in [5.74, 6) is -0.141. The van der Waals surface area contributed by atoms with Crippen LogP contribution in [0.5, 0.6) is 5.75 Å². The number of nitrogens with two attached hydrogens (primary N) is 1. The summed E-state index contributed by atoms with van der Waals surface area (Å²) in [5, 5.41) is 9.42. The van der Waals surface area contributed by atoms with E-state index in [4.69, 9.17) is 10.5 Å². The van der Waals surface area contributed by atoms with E-state index in [2.05, 4.69) is 0 Å². The molecule has 1 unspecified atom stereocenters. The van der Waals surface area contributed by atoms with Gasteiger partial charge in [-0.3, -0.25) is 0 Å². The first-order valence-electron chi connectivity index (χ1n) is 5.74. The van der Waals surface area contributed by atoms with Gasteiger partial charge in [0.2, 0.25) is 0 Å². The quantitative estimate of drug-likeness (QED) is 0.797. The fourth-order valence-electron chi connectivity index (χ4n) is 1.83. The van der Waals surface area contributed by atoms with E-state index in [1.165, 1.54) is 7.11 Å². The SMILES string of the molecule is CCC(CN)(CO)Cc1cccc(OC)c1F. The van der Waals surface area contributed by atoms with Crippen LogP contribution in [0, 0.1) is 11.2 Å². The molecule has 0 bridgehead atoms. The molecule has 1 atom stereocenters. The zero-order chi connectivity index (χ0) is 12.9. The van der Waals surface area contributed by atoms with Crippen molar-refractivity contribution in [3.05, 3.63) is 29.6 Å². The summed E-state index contributed by atoms with van der Waals surface area (Å²) in [4.78, 5) is 0. The van der Waals surface area contributed by atoms with Crippen molar-refractivity contribution in [1.82, 2.24) is 0 Å². The van der Waals surface area contributed by atoms with E-state index in [0.29, 0.717) is 24.9 Å². The first kappa shape index (κ1) is 13.9. The Kier molecular flexibility index (Phi) is 4.90. The summed E-state index contributed by atoms with van der Waals surface area (Å²) >= 11 is 0. The maximum absolute atomic E-state index is 14.0. The number of ether oxygens (including phenoxy) is 1. The van der Waals surface area contributed by atoms with Crippen LogP contribution in [0.2, 0.25) is 0 Å². The smallest absolute Gasteiger partial charge is 0.168 e. The molecule has 0 amide bonds. The van der Waals surface area contributed by atoms with Crippen LogP contribution in [0.15, 0.2) is 18.2 Å². The van der Waals surface area contributed by atoms with Crippen molar-refractivity contribution in [3.8, 4) is 5.75 Å². The Morgan fingerprint density at radius 2 is 2.18 bits per heavy atom. The van der Waals surface area contributed by atoms with Gasteiger partial charge in [0.1, 0.15) is 0 Å². The second-order valence-corrected chi connectivity index (χ2v) is 4.33. The maximum atomic E-state index is 14.0. The highest BCUT2D eigenvalue weighted by molar-refractivity contribution is 5.31. The molecule has 0 aliphatic rings. The Balaban J connectivity index is 3.01. The van der Waals surface area contributed by atoms with Crippen LogP contribution in [0.3, 0.4) is 0 Å². The van der Waals surface area contributed by atoms with Gasteiger partial charge in [-0.05, 0) is 24.5 Å². The lowest BCUT2D eigenvalue weighted by Gasteiger charge is -2.29. The third-order valence-electron chi connectivity index (χ3n) is 3.35. The molecule has 0 aliphatic carbocycles. The molecule has 0 spiro atoms. The monoisotopic (exact) mass is 241 g/mol. The number of halogens is 1. The molecular formula is C13H20FNO2. The highest BCUT2D eigenvalue weighted by atomic mass is 19.1. The van der Waals surface area contributed by atoms with Gasteiger partial charge < -0.3 is 15.6 Å². The predicted molar refractivity (Wildman–Crippen MR) is 65.5 cm³/mol. The lowest BCUT2D eigenvalue weighted by Crippen LogP contribution is -2.36. The Hall–Kier alpha value is -1.13. The molecule has 0 saturated heterocycles. The van der Waals surface area contributed by atoms with Crippen molar-refractivity contribution >= 4 is 0 Å². The van der Waals surface area contributed by atoms with Crippen LogP contribution in [-0.2, 0) is 6.42 Å². The van der Waals surface area contributed by atoms with Gasteiger partial charge in [0.05, 0.1) is 13.7 Å². The normalized spacial score (nSPS) is 14.4. The minimum Gasteiger partial charge on any atom is -0.494 e. The zero-order valence-corrected chi connectivity index (χ0v) is 10.4. The van der Waals surface area contributed by atoms with E-state index in [0.717, 1.165) is 0 Å². The van der Waals surface area contributed by atoms with Crippen molar-refractivity contribution in [1.29, 1.82) is 0 Å². The van der Waals surface area contributed by atoms with E-state index < -0.39 is 5.41 Å². The molecule has 0 fully saturated rings. The Labute approximate surface area is 101 Å². The van der Waals surface area contributed by atoms with Crippen LogP contribution in [0.4, 0.5) is 4.39 Å². The molecule has 0 heterocycles. The second kappa shape index (κ2) is 5.98. The number of hydrogen-bond donors (Lipinski definition) is 2. The Morgan fingerprint density at radius 1 is 1.47 bits per heavy atom. The standard InChI is InChI=1S/C13H20FNO2/c1-3-13(8-15,9-16)7-10-5-4-6-11(17-2)12(10)14/h4-6,16H,3,7-9,15H2,1-2H3. The zero-order valence-electron chi connectivity index (χ0n) is 10.4. The van der Waals surface area contributed by atoms with E-state index in [1.807, 2.05) is 6.92 Å². The van der Waals surface area contributed by atoms with Crippen molar-refractivity contribution in [2.24, 2.45) is 11.1 Å². The largest absolute Gasteiger partial charge is 0.494 e. The molecule has 0 radical (unpaired) electrons. The van der Waals surface area contributed by atoms with Crippen LogP contribution in [0.25, 0.3) is 0 Å². The van der Waals surface area contributed by atoms with Crippen LogP contribution < -0.4 is 10.5 Å². The van der Waals surface area contributed by atoms with Crippen LogP contribution >= 0.6 is 0 Å². The fourth-order valence-corrected chi connectivity index (χ4v) is 1.83. The van der Waals surface area contributed by atoms with Gasteiger partial charge in [0.15, 0.2) is 11.6 Å². The number of rotatable bonds is 6. The summed E-state index contributed by atoms with van der Waals surface area (Å²) in [7, 11) is 1.43. The predicted octanol–water partition coefficient (Wildman–Crippen LogP) is 1.72. The lowest BCUT2D eigenvalue weighted by atomic mass is 9.80. The average molecular weight is 241 g/mol. The fraction of sp³-hybridized carbons (Fsp3) is 0.538. The Bertz CT molecular complexity index is 356. The van der Waals surface area contributed by atoms with Gasteiger partial charge in [-0.25, -0.2) is 4.39 Å². The highest BCUT2D eigenvalue weighted by Crippen LogP contribution is 2.29. The van der Waals surface area contributed by atoms with E-state index in [9.17, 15) is 9.50 Å². The number of aliphatic hydroxyl groups excluding tert-OH is 1. The number of methoxy groups -OCH3 is 1. The summed E-state index contributed by atoms with van der Waals surface area (Å²) in [5.41, 5.74) is 5.77. The van der Waals surface area contributed by atoms with E-state index >= 15 is 0 Å². The molecule has 1 aromatic carbocycles. The highest BCUT2D eigenvalue weighted by Gasteiger charge is 2.27. The minimum absolute atomic E-state index is 0.0450. The molecule has 96 valence electrons. The van der Waals surface area contributed by atoms with Crippen molar-refractivity contribution in [2.45, 2.75) is 19.8 Å². The molecule has 0 aromatic heterocycles. The van der Waals surface area contributed by atoms with E-state index in [1.54, 1.807) is 18.2 Å². The summed E-state index contributed by atoms with van der Waals surface area (Å²) in [6, 6.07) is 5.02. The van der Waals surface area contributed by atoms with Crippen molar-refractivity contribution < 1.29 is 14.2 Å². The van der Waals surface area contributed by atoms with Gasteiger partial charge in [-0.1, -0.05) is 19.1 Å².